The van der Waals surface area contributed by atoms with Crippen LogP contribution in [-0.2, 0) is 9.59 Å². The first-order valence-electron chi connectivity index (χ1n) is 9.73. The average molecular weight is 421 g/mol. The number of anilines is 1. The van der Waals surface area contributed by atoms with Crippen molar-refractivity contribution in [3.8, 4) is 11.4 Å². The summed E-state index contributed by atoms with van der Waals surface area (Å²) in [6.07, 6.45) is 0.489. The highest BCUT2D eigenvalue weighted by Crippen LogP contribution is 2.20. The number of amides is 2. The van der Waals surface area contributed by atoms with Crippen molar-refractivity contribution in [3.05, 3.63) is 65.3 Å². The van der Waals surface area contributed by atoms with Crippen LogP contribution in [0.15, 0.2) is 52.1 Å². The second-order valence-electron chi connectivity index (χ2n) is 7.35. The highest BCUT2D eigenvalue weighted by molar-refractivity contribution is 6.02. The molecule has 1 aromatic heterocycles. The van der Waals surface area contributed by atoms with Crippen LogP contribution in [0.2, 0.25) is 0 Å². The van der Waals surface area contributed by atoms with Gasteiger partial charge in [0, 0.05) is 24.1 Å². The second kappa shape index (κ2) is 8.47. The van der Waals surface area contributed by atoms with Crippen molar-refractivity contribution in [2.75, 3.05) is 11.9 Å². The van der Waals surface area contributed by atoms with Gasteiger partial charge >= 0.3 is 0 Å². The zero-order chi connectivity index (χ0) is 22.0. The molecule has 0 saturated carbocycles. The lowest BCUT2D eigenvalue weighted by Gasteiger charge is -2.21. The molecule has 0 radical (unpaired) electrons. The summed E-state index contributed by atoms with van der Waals surface area (Å²) in [5.74, 6) is -0.545. The van der Waals surface area contributed by atoms with Gasteiger partial charge in [-0.3, -0.25) is 9.59 Å². The molecular weight excluding hydrogens is 401 g/mol. The molecule has 158 valence electrons. The zero-order valence-electron chi connectivity index (χ0n) is 17.1. The summed E-state index contributed by atoms with van der Waals surface area (Å²) >= 11 is 0. The van der Waals surface area contributed by atoms with Crippen molar-refractivity contribution in [3.63, 3.8) is 0 Å². The minimum absolute atomic E-state index is 0.159. The van der Waals surface area contributed by atoms with Gasteiger partial charge < -0.3 is 9.84 Å². The van der Waals surface area contributed by atoms with Crippen molar-refractivity contribution < 1.29 is 18.5 Å². The van der Waals surface area contributed by atoms with Gasteiger partial charge in [-0.1, -0.05) is 11.2 Å². The van der Waals surface area contributed by atoms with Crippen LogP contribution in [0.3, 0.4) is 0 Å². The number of carbonyl (C=O) groups excluding carboxylic acids is 2. The lowest BCUT2D eigenvalue weighted by atomic mass is 10.1. The molecule has 0 bridgehead atoms. The molecule has 2 heterocycles. The predicted octanol–water partition coefficient (Wildman–Crippen LogP) is 3.46. The largest absolute Gasteiger partial charge is 0.332 e. The van der Waals surface area contributed by atoms with Crippen molar-refractivity contribution in [1.82, 2.24) is 15.1 Å². The minimum atomic E-state index is -0.364. The van der Waals surface area contributed by atoms with Crippen molar-refractivity contribution in [2.45, 2.75) is 26.7 Å². The summed E-state index contributed by atoms with van der Waals surface area (Å²) in [6, 6.07) is 11.4. The summed E-state index contributed by atoms with van der Waals surface area (Å²) in [5, 5.41) is 12.1. The molecule has 8 nitrogen and oxygen atoms in total. The maximum absolute atomic E-state index is 13.1. The van der Waals surface area contributed by atoms with E-state index in [0.29, 0.717) is 23.4 Å². The lowest BCUT2D eigenvalue weighted by molar-refractivity contribution is -0.135. The fourth-order valence-electron chi connectivity index (χ4n) is 3.32. The van der Waals surface area contributed by atoms with Crippen LogP contribution >= 0.6 is 0 Å². The number of aryl methyl sites for hydroxylation is 2. The van der Waals surface area contributed by atoms with Crippen molar-refractivity contribution in [1.29, 1.82) is 0 Å². The van der Waals surface area contributed by atoms with Crippen molar-refractivity contribution in [2.24, 2.45) is 5.10 Å². The number of rotatable bonds is 5. The van der Waals surface area contributed by atoms with E-state index in [9.17, 15) is 14.0 Å². The van der Waals surface area contributed by atoms with Crippen LogP contribution in [0.4, 0.5) is 10.1 Å². The summed E-state index contributed by atoms with van der Waals surface area (Å²) < 4.78 is 18.4. The third-order valence-electron chi connectivity index (χ3n) is 4.68. The normalized spacial score (nSPS) is 13.8. The Hall–Kier alpha value is -3.88. The first-order chi connectivity index (χ1) is 14.9. The van der Waals surface area contributed by atoms with Crippen LogP contribution < -0.4 is 5.32 Å². The van der Waals surface area contributed by atoms with Gasteiger partial charge in [0.15, 0.2) is 0 Å². The molecule has 31 heavy (non-hydrogen) atoms. The number of hydrogen-bond donors (Lipinski definition) is 1. The van der Waals surface area contributed by atoms with Gasteiger partial charge in [0.25, 0.3) is 5.89 Å². The standard InChI is InChI=1S/C22H20FN5O3/c1-13-9-14(2)11-17(10-13)24-19(29)12-28-20(30)8-7-18(26-28)22-25-21(27-31-22)15-3-5-16(23)6-4-15/h3-6,9-11H,7-8,12H2,1-2H3,(H,24,29). The molecule has 1 N–H and O–H groups in total. The molecule has 0 saturated heterocycles. The lowest BCUT2D eigenvalue weighted by Crippen LogP contribution is -2.38. The van der Waals surface area contributed by atoms with Gasteiger partial charge in [-0.05, 0) is 61.4 Å². The predicted molar refractivity (Wildman–Crippen MR) is 112 cm³/mol. The third-order valence-corrected chi connectivity index (χ3v) is 4.68. The average Bonchev–Trinajstić information content (AvgIpc) is 3.19. The molecule has 4 rings (SSSR count). The Morgan fingerprint density at radius 3 is 2.55 bits per heavy atom. The van der Waals surface area contributed by atoms with E-state index in [0.717, 1.165) is 16.1 Å². The number of nitrogens with one attached hydrogen (secondary N) is 1. The number of nitrogens with zero attached hydrogens (tertiary/aromatic N) is 4. The van der Waals surface area contributed by atoms with Gasteiger partial charge in [0.1, 0.15) is 18.1 Å². The third kappa shape index (κ3) is 4.82. The number of hydrazone groups is 1. The van der Waals surface area contributed by atoms with Gasteiger partial charge in [-0.15, -0.1) is 0 Å². The molecule has 9 heteroatoms. The number of halogens is 1. The van der Waals surface area contributed by atoms with E-state index in [2.05, 4.69) is 20.6 Å². The van der Waals surface area contributed by atoms with E-state index in [1.807, 2.05) is 32.0 Å². The summed E-state index contributed by atoms with van der Waals surface area (Å²) in [4.78, 5) is 29.0. The summed E-state index contributed by atoms with van der Waals surface area (Å²) in [6.45, 7) is 3.66. The van der Waals surface area contributed by atoms with Gasteiger partial charge in [0.05, 0.1) is 0 Å². The van der Waals surface area contributed by atoms with Gasteiger partial charge in [0.2, 0.25) is 17.6 Å². The molecule has 2 aromatic carbocycles. The van der Waals surface area contributed by atoms with E-state index >= 15 is 0 Å². The Bertz CT molecular complexity index is 1150. The molecule has 3 aromatic rings. The molecule has 0 unspecified atom stereocenters. The SMILES string of the molecule is Cc1cc(C)cc(NC(=O)CN2N=C(c3nc(-c4ccc(F)cc4)no3)CCC2=O)c1. The Labute approximate surface area is 177 Å². The summed E-state index contributed by atoms with van der Waals surface area (Å²) in [7, 11) is 0. The fraction of sp³-hybridized carbons (Fsp3) is 0.227. The minimum Gasteiger partial charge on any atom is -0.332 e. The van der Waals surface area contributed by atoms with E-state index in [1.54, 1.807) is 12.1 Å². The number of hydrogen-bond acceptors (Lipinski definition) is 6. The Morgan fingerprint density at radius 1 is 1.13 bits per heavy atom. The molecule has 2 amide bonds. The van der Waals surface area contributed by atoms with Crippen molar-refractivity contribution >= 4 is 23.2 Å². The number of carbonyl (C=O) groups is 2. The fourth-order valence-corrected chi connectivity index (χ4v) is 3.32. The zero-order valence-corrected chi connectivity index (χ0v) is 17.1. The van der Waals surface area contributed by atoms with Crippen LogP contribution in [0.25, 0.3) is 11.4 Å². The van der Waals surface area contributed by atoms with Crippen LogP contribution in [0.1, 0.15) is 29.9 Å². The Balaban J connectivity index is 1.48. The highest BCUT2D eigenvalue weighted by atomic mass is 19.1. The molecular formula is C22H20FN5O3. The van der Waals surface area contributed by atoms with E-state index in [-0.39, 0.29) is 42.3 Å². The first-order valence-corrected chi connectivity index (χ1v) is 9.73. The molecule has 0 aliphatic carbocycles. The van der Waals surface area contributed by atoms with Gasteiger partial charge in [-0.25, -0.2) is 9.40 Å². The first kappa shape index (κ1) is 20.4. The molecule has 0 fully saturated rings. The van der Waals surface area contributed by atoms with Crippen LogP contribution in [0, 0.1) is 19.7 Å². The number of benzene rings is 2. The van der Waals surface area contributed by atoms with E-state index in [1.165, 1.54) is 12.1 Å². The van der Waals surface area contributed by atoms with E-state index in [4.69, 9.17) is 4.52 Å². The molecule has 1 aliphatic heterocycles. The Kier molecular flexibility index (Phi) is 5.57. The maximum Gasteiger partial charge on any atom is 0.274 e. The van der Waals surface area contributed by atoms with E-state index < -0.39 is 0 Å². The van der Waals surface area contributed by atoms with Crippen LogP contribution in [-0.4, -0.2) is 39.2 Å². The Morgan fingerprint density at radius 2 is 1.84 bits per heavy atom. The number of aromatic nitrogens is 2. The quantitative estimate of drug-likeness (QED) is 0.680. The van der Waals surface area contributed by atoms with Gasteiger partial charge in [-0.2, -0.15) is 10.1 Å². The second-order valence-corrected chi connectivity index (χ2v) is 7.35. The molecule has 1 aliphatic rings. The molecule has 0 atom stereocenters. The summed E-state index contributed by atoms with van der Waals surface area (Å²) in [5.41, 5.74) is 3.72. The highest BCUT2D eigenvalue weighted by Gasteiger charge is 2.26. The van der Waals surface area contributed by atoms with Crippen LogP contribution in [0.5, 0.6) is 0 Å². The smallest absolute Gasteiger partial charge is 0.274 e. The topological polar surface area (TPSA) is 101 Å². The maximum atomic E-state index is 13.1. The monoisotopic (exact) mass is 421 g/mol. The molecule has 0 spiro atoms.